The van der Waals surface area contributed by atoms with Gasteiger partial charge in [0.15, 0.2) is 0 Å². The number of unbranched alkanes of at least 4 members (excludes halogenated alkanes) is 1. The van der Waals surface area contributed by atoms with E-state index in [1.165, 1.54) is 0 Å². The maximum atomic E-state index is 11.0. The van der Waals surface area contributed by atoms with Gasteiger partial charge in [0, 0.05) is 0 Å². The summed E-state index contributed by atoms with van der Waals surface area (Å²) in [6.45, 7) is 3.77. The largest absolute Gasteiger partial charge is 0.361 e. The fourth-order valence-corrected chi connectivity index (χ4v) is 1.43. The zero-order valence-corrected chi connectivity index (χ0v) is 8.52. The van der Waals surface area contributed by atoms with Gasteiger partial charge in [0.1, 0.15) is 5.76 Å². The summed E-state index contributed by atoms with van der Waals surface area (Å²) in [5.74, 6) is 0.506. The van der Waals surface area contributed by atoms with Crippen LogP contribution in [0.3, 0.4) is 0 Å². The Morgan fingerprint density at radius 2 is 2.31 bits per heavy atom. The zero-order chi connectivity index (χ0) is 9.84. The molecular weight excluding hydrogens is 190 g/mol. The summed E-state index contributed by atoms with van der Waals surface area (Å²) >= 11 is 5.39. The third-order valence-corrected chi connectivity index (χ3v) is 2.09. The van der Waals surface area contributed by atoms with Crippen LogP contribution in [0.4, 0.5) is 0 Å². The second kappa shape index (κ2) is 4.42. The molecule has 1 aromatic heterocycles. The van der Waals surface area contributed by atoms with Crippen molar-refractivity contribution in [2.45, 2.75) is 33.1 Å². The van der Waals surface area contributed by atoms with Crippen LogP contribution < -0.4 is 0 Å². The Morgan fingerprint density at radius 1 is 1.62 bits per heavy atom. The van der Waals surface area contributed by atoms with Crippen LogP contribution in [0, 0.1) is 6.92 Å². The first-order chi connectivity index (χ1) is 6.16. The SMILES string of the molecule is CCCCc1noc(C)c1C(=O)Cl. The molecule has 0 aliphatic heterocycles. The summed E-state index contributed by atoms with van der Waals surface area (Å²) in [7, 11) is 0. The first-order valence-electron chi connectivity index (χ1n) is 4.31. The Labute approximate surface area is 82.1 Å². The molecule has 1 heterocycles. The molecule has 0 aliphatic carbocycles. The van der Waals surface area contributed by atoms with E-state index in [4.69, 9.17) is 16.1 Å². The second-order valence-electron chi connectivity index (χ2n) is 2.94. The van der Waals surface area contributed by atoms with Gasteiger partial charge in [-0.2, -0.15) is 0 Å². The topological polar surface area (TPSA) is 43.1 Å². The molecule has 0 aromatic carbocycles. The zero-order valence-electron chi connectivity index (χ0n) is 7.76. The summed E-state index contributed by atoms with van der Waals surface area (Å²) in [4.78, 5) is 11.0. The van der Waals surface area contributed by atoms with Gasteiger partial charge in [0.05, 0.1) is 11.3 Å². The summed E-state index contributed by atoms with van der Waals surface area (Å²) < 4.78 is 4.90. The third kappa shape index (κ3) is 2.31. The Hall–Kier alpha value is -0.830. The van der Waals surface area contributed by atoms with Crippen LogP contribution in [0.25, 0.3) is 0 Å². The number of hydrogen-bond donors (Lipinski definition) is 0. The minimum atomic E-state index is -0.482. The maximum Gasteiger partial charge on any atom is 0.257 e. The molecule has 0 saturated heterocycles. The molecule has 0 N–H and O–H groups in total. The van der Waals surface area contributed by atoms with Crippen LogP contribution in [0.15, 0.2) is 4.52 Å². The minimum Gasteiger partial charge on any atom is -0.361 e. The number of carbonyl (C=O) groups is 1. The van der Waals surface area contributed by atoms with Crippen molar-refractivity contribution in [2.75, 3.05) is 0 Å². The van der Waals surface area contributed by atoms with E-state index < -0.39 is 5.24 Å². The summed E-state index contributed by atoms with van der Waals surface area (Å²) in [6.07, 6.45) is 2.80. The van der Waals surface area contributed by atoms with Gasteiger partial charge in [-0.05, 0) is 31.4 Å². The van der Waals surface area contributed by atoms with Gasteiger partial charge in [-0.3, -0.25) is 4.79 Å². The number of carbonyl (C=O) groups excluding carboxylic acids is 1. The second-order valence-corrected chi connectivity index (χ2v) is 3.28. The van der Waals surface area contributed by atoms with E-state index in [0.717, 1.165) is 19.3 Å². The van der Waals surface area contributed by atoms with Crippen LogP contribution in [0.2, 0.25) is 0 Å². The molecule has 0 radical (unpaired) electrons. The molecule has 4 heteroatoms. The van der Waals surface area contributed by atoms with Crippen LogP contribution in [-0.2, 0) is 6.42 Å². The van der Waals surface area contributed by atoms with E-state index >= 15 is 0 Å². The van der Waals surface area contributed by atoms with Gasteiger partial charge in [0.2, 0.25) is 0 Å². The number of halogens is 1. The number of aromatic nitrogens is 1. The van der Waals surface area contributed by atoms with E-state index in [-0.39, 0.29) is 0 Å². The quantitative estimate of drug-likeness (QED) is 0.704. The molecule has 0 fully saturated rings. The van der Waals surface area contributed by atoms with Gasteiger partial charge >= 0.3 is 0 Å². The van der Waals surface area contributed by atoms with Crippen LogP contribution in [0.5, 0.6) is 0 Å². The van der Waals surface area contributed by atoms with Crippen molar-refractivity contribution in [3.8, 4) is 0 Å². The smallest absolute Gasteiger partial charge is 0.257 e. The Kier molecular flexibility index (Phi) is 3.48. The van der Waals surface area contributed by atoms with Crippen molar-refractivity contribution in [3.63, 3.8) is 0 Å². The molecule has 0 aliphatic rings. The van der Waals surface area contributed by atoms with E-state index in [9.17, 15) is 4.79 Å². The lowest BCUT2D eigenvalue weighted by molar-refractivity contribution is 0.107. The van der Waals surface area contributed by atoms with Gasteiger partial charge in [0.25, 0.3) is 5.24 Å². The van der Waals surface area contributed by atoms with E-state index in [2.05, 4.69) is 12.1 Å². The minimum absolute atomic E-state index is 0.440. The molecule has 0 bridgehead atoms. The molecule has 13 heavy (non-hydrogen) atoms. The lowest BCUT2D eigenvalue weighted by atomic mass is 10.1. The molecule has 0 amide bonds. The molecule has 0 atom stereocenters. The molecule has 0 unspecified atom stereocenters. The highest BCUT2D eigenvalue weighted by Gasteiger charge is 2.17. The highest BCUT2D eigenvalue weighted by Crippen LogP contribution is 2.17. The Morgan fingerprint density at radius 3 is 2.85 bits per heavy atom. The normalized spacial score (nSPS) is 10.4. The summed E-state index contributed by atoms with van der Waals surface area (Å²) in [5.41, 5.74) is 1.12. The fourth-order valence-electron chi connectivity index (χ4n) is 1.18. The predicted molar refractivity (Wildman–Crippen MR) is 50.0 cm³/mol. The van der Waals surface area contributed by atoms with E-state index in [1.807, 2.05) is 0 Å². The molecule has 3 nitrogen and oxygen atoms in total. The number of aryl methyl sites for hydroxylation is 2. The summed E-state index contributed by atoms with van der Waals surface area (Å²) in [5, 5.41) is 3.31. The molecular formula is C9H12ClNO2. The lowest BCUT2D eigenvalue weighted by Crippen LogP contribution is -1.96. The average molecular weight is 202 g/mol. The lowest BCUT2D eigenvalue weighted by Gasteiger charge is -1.94. The van der Waals surface area contributed by atoms with Crippen molar-refractivity contribution < 1.29 is 9.32 Å². The van der Waals surface area contributed by atoms with Crippen molar-refractivity contribution >= 4 is 16.8 Å². The average Bonchev–Trinajstić information content (AvgIpc) is 2.43. The Balaban J connectivity index is 2.87. The van der Waals surface area contributed by atoms with Gasteiger partial charge in [-0.15, -0.1) is 0 Å². The predicted octanol–water partition coefficient (Wildman–Crippen LogP) is 2.70. The maximum absolute atomic E-state index is 11.0. The van der Waals surface area contributed by atoms with Gasteiger partial charge in [-0.25, -0.2) is 0 Å². The van der Waals surface area contributed by atoms with Crippen LogP contribution in [-0.4, -0.2) is 10.4 Å². The van der Waals surface area contributed by atoms with Crippen LogP contribution >= 0.6 is 11.6 Å². The first-order valence-corrected chi connectivity index (χ1v) is 4.69. The highest BCUT2D eigenvalue weighted by atomic mass is 35.5. The van der Waals surface area contributed by atoms with Crippen molar-refractivity contribution in [1.82, 2.24) is 5.16 Å². The van der Waals surface area contributed by atoms with Crippen molar-refractivity contribution in [3.05, 3.63) is 17.0 Å². The molecule has 0 spiro atoms. The fraction of sp³-hybridized carbons (Fsp3) is 0.556. The van der Waals surface area contributed by atoms with Crippen molar-refractivity contribution in [2.24, 2.45) is 0 Å². The monoisotopic (exact) mass is 201 g/mol. The summed E-state index contributed by atoms with van der Waals surface area (Å²) in [6, 6.07) is 0. The van der Waals surface area contributed by atoms with Gasteiger partial charge < -0.3 is 4.52 Å². The molecule has 0 saturated carbocycles. The molecule has 1 rings (SSSR count). The van der Waals surface area contributed by atoms with E-state index in [0.29, 0.717) is 17.0 Å². The molecule has 1 aromatic rings. The first kappa shape index (κ1) is 10.3. The third-order valence-electron chi connectivity index (χ3n) is 1.90. The van der Waals surface area contributed by atoms with E-state index in [1.54, 1.807) is 6.92 Å². The van der Waals surface area contributed by atoms with Crippen molar-refractivity contribution in [1.29, 1.82) is 0 Å². The Bertz CT molecular complexity index is 307. The molecule has 72 valence electrons. The number of hydrogen-bond acceptors (Lipinski definition) is 3. The standard InChI is InChI=1S/C9H12ClNO2/c1-3-4-5-7-8(9(10)12)6(2)13-11-7/h3-5H2,1-2H3. The van der Waals surface area contributed by atoms with Gasteiger partial charge in [-0.1, -0.05) is 18.5 Å². The number of rotatable bonds is 4. The van der Waals surface area contributed by atoms with Crippen LogP contribution in [0.1, 0.15) is 41.6 Å². The highest BCUT2D eigenvalue weighted by molar-refractivity contribution is 6.68. The number of nitrogens with zero attached hydrogens (tertiary/aromatic N) is 1.